The van der Waals surface area contributed by atoms with Crippen molar-refractivity contribution in [2.24, 2.45) is 0 Å². The molecule has 3 aromatic carbocycles. The van der Waals surface area contributed by atoms with Gasteiger partial charge in [-0.1, -0.05) is 66.7 Å². The first-order valence-electron chi connectivity index (χ1n) is 9.22. The molecule has 4 aromatic rings. The summed E-state index contributed by atoms with van der Waals surface area (Å²) in [4.78, 5) is 30.0. The SMILES string of the molecule is O=C(CSc1c2ccccc2nc2ccccc12)NC(=O)NCc1ccccc1. The number of fused-ring (bicyclic) bond motifs is 2. The molecule has 144 valence electrons. The average molecular weight is 401 g/mol. The number of amides is 3. The van der Waals surface area contributed by atoms with E-state index in [1.54, 1.807) is 0 Å². The van der Waals surface area contributed by atoms with E-state index in [1.165, 1.54) is 11.8 Å². The topological polar surface area (TPSA) is 71.1 Å². The highest BCUT2D eigenvalue weighted by molar-refractivity contribution is 8.00. The number of pyridine rings is 1. The number of nitrogens with one attached hydrogen (secondary N) is 2. The van der Waals surface area contributed by atoms with Gasteiger partial charge in [-0.15, -0.1) is 11.8 Å². The molecule has 0 aliphatic heterocycles. The van der Waals surface area contributed by atoms with Gasteiger partial charge in [0.2, 0.25) is 5.91 Å². The van der Waals surface area contributed by atoms with Gasteiger partial charge in [-0.2, -0.15) is 0 Å². The number of thioether (sulfide) groups is 1. The molecule has 0 bridgehead atoms. The van der Waals surface area contributed by atoms with Gasteiger partial charge in [-0.05, 0) is 17.7 Å². The number of aromatic nitrogens is 1. The Morgan fingerprint density at radius 1 is 0.793 bits per heavy atom. The molecule has 0 radical (unpaired) electrons. The molecule has 0 fully saturated rings. The number of carbonyl (C=O) groups excluding carboxylic acids is 2. The molecule has 0 aliphatic rings. The zero-order valence-corrected chi connectivity index (χ0v) is 16.4. The van der Waals surface area contributed by atoms with Gasteiger partial charge in [0.05, 0.1) is 16.8 Å². The van der Waals surface area contributed by atoms with E-state index < -0.39 is 6.03 Å². The number of hydrogen-bond donors (Lipinski definition) is 2. The average Bonchev–Trinajstić information content (AvgIpc) is 2.76. The number of nitrogens with zero attached hydrogens (tertiary/aromatic N) is 1. The third kappa shape index (κ3) is 4.55. The van der Waals surface area contributed by atoms with Gasteiger partial charge in [0.1, 0.15) is 0 Å². The predicted molar refractivity (Wildman–Crippen MR) is 117 cm³/mol. The van der Waals surface area contributed by atoms with E-state index >= 15 is 0 Å². The van der Waals surface area contributed by atoms with Crippen LogP contribution in [0.3, 0.4) is 0 Å². The van der Waals surface area contributed by atoms with Crippen LogP contribution in [-0.2, 0) is 11.3 Å². The Kier molecular flexibility index (Phi) is 5.72. The monoisotopic (exact) mass is 401 g/mol. The van der Waals surface area contributed by atoms with Crippen LogP contribution >= 0.6 is 11.8 Å². The van der Waals surface area contributed by atoms with Crippen molar-refractivity contribution < 1.29 is 9.59 Å². The Hall–Kier alpha value is -3.38. The molecular formula is C23H19N3O2S. The van der Waals surface area contributed by atoms with Crippen molar-refractivity contribution in [1.82, 2.24) is 15.6 Å². The maximum Gasteiger partial charge on any atom is 0.321 e. The summed E-state index contributed by atoms with van der Waals surface area (Å²) in [6.07, 6.45) is 0. The van der Waals surface area contributed by atoms with Gasteiger partial charge in [-0.3, -0.25) is 10.1 Å². The van der Waals surface area contributed by atoms with E-state index in [0.717, 1.165) is 32.3 Å². The minimum atomic E-state index is -0.496. The molecular weight excluding hydrogens is 382 g/mol. The maximum absolute atomic E-state index is 12.3. The van der Waals surface area contributed by atoms with Gasteiger partial charge in [0, 0.05) is 22.2 Å². The van der Waals surface area contributed by atoms with Gasteiger partial charge in [0.15, 0.2) is 0 Å². The second kappa shape index (κ2) is 8.75. The number of imide groups is 1. The largest absolute Gasteiger partial charge is 0.334 e. The van der Waals surface area contributed by atoms with Gasteiger partial charge < -0.3 is 5.32 Å². The van der Waals surface area contributed by atoms with Gasteiger partial charge in [0.25, 0.3) is 0 Å². The lowest BCUT2D eigenvalue weighted by atomic mass is 10.1. The molecule has 0 aliphatic carbocycles. The molecule has 0 atom stereocenters. The lowest BCUT2D eigenvalue weighted by molar-refractivity contribution is -0.117. The summed E-state index contributed by atoms with van der Waals surface area (Å²) in [5, 5.41) is 7.08. The normalized spacial score (nSPS) is 10.8. The fraction of sp³-hybridized carbons (Fsp3) is 0.0870. The van der Waals surface area contributed by atoms with Crippen LogP contribution in [0.1, 0.15) is 5.56 Å². The van der Waals surface area contributed by atoms with Crippen LogP contribution in [0, 0.1) is 0 Å². The lowest BCUT2D eigenvalue weighted by Gasteiger charge is -2.11. The van der Waals surface area contributed by atoms with E-state index in [-0.39, 0.29) is 11.7 Å². The van der Waals surface area contributed by atoms with Crippen LogP contribution in [0.15, 0.2) is 83.8 Å². The van der Waals surface area contributed by atoms with Gasteiger partial charge in [-0.25, -0.2) is 9.78 Å². The number of para-hydroxylation sites is 2. The highest BCUT2D eigenvalue weighted by Gasteiger charge is 2.13. The summed E-state index contributed by atoms with van der Waals surface area (Å²) in [7, 11) is 0. The fourth-order valence-corrected chi connectivity index (χ4v) is 4.08. The van der Waals surface area contributed by atoms with Crippen molar-refractivity contribution in [2.45, 2.75) is 11.4 Å². The summed E-state index contributed by atoms with van der Waals surface area (Å²) in [5.41, 5.74) is 2.74. The van der Waals surface area contributed by atoms with Crippen molar-refractivity contribution in [3.05, 3.63) is 84.4 Å². The standard InChI is InChI=1S/C23H19N3O2S/c27-21(26-23(28)24-14-16-8-2-1-3-9-16)15-29-22-17-10-4-6-12-19(17)25-20-13-7-5-11-18(20)22/h1-13H,14-15H2,(H2,24,26,27,28). The number of urea groups is 1. The lowest BCUT2D eigenvalue weighted by Crippen LogP contribution is -2.39. The first-order valence-corrected chi connectivity index (χ1v) is 10.2. The van der Waals surface area contributed by atoms with Crippen molar-refractivity contribution in [2.75, 3.05) is 5.75 Å². The number of benzene rings is 3. The highest BCUT2D eigenvalue weighted by atomic mass is 32.2. The third-order valence-corrected chi connectivity index (χ3v) is 5.57. The molecule has 6 heteroatoms. The molecule has 0 saturated heterocycles. The minimum Gasteiger partial charge on any atom is -0.334 e. The van der Waals surface area contributed by atoms with E-state index in [2.05, 4.69) is 15.6 Å². The van der Waals surface area contributed by atoms with Crippen LogP contribution in [0.25, 0.3) is 21.8 Å². The molecule has 1 heterocycles. The van der Waals surface area contributed by atoms with E-state index in [4.69, 9.17) is 0 Å². The highest BCUT2D eigenvalue weighted by Crippen LogP contribution is 2.33. The molecule has 0 unspecified atom stereocenters. The van der Waals surface area contributed by atoms with E-state index in [9.17, 15) is 9.59 Å². The molecule has 5 nitrogen and oxygen atoms in total. The summed E-state index contributed by atoms with van der Waals surface area (Å²) >= 11 is 1.41. The first kappa shape index (κ1) is 19.0. The van der Waals surface area contributed by atoms with Crippen LogP contribution in [0.5, 0.6) is 0 Å². The Labute approximate surface area is 172 Å². The second-order valence-corrected chi connectivity index (χ2v) is 7.47. The fourth-order valence-electron chi connectivity index (χ4n) is 3.08. The Balaban J connectivity index is 1.43. The Morgan fingerprint density at radius 3 is 2.03 bits per heavy atom. The molecule has 1 aromatic heterocycles. The van der Waals surface area contributed by atoms with E-state index in [1.807, 2.05) is 78.9 Å². The van der Waals surface area contributed by atoms with Crippen molar-refractivity contribution >= 4 is 45.5 Å². The smallest absolute Gasteiger partial charge is 0.321 e. The molecule has 3 amide bonds. The zero-order valence-electron chi connectivity index (χ0n) is 15.6. The predicted octanol–water partition coefficient (Wildman–Crippen LogP) is 4.51. The zero-order chi connectivity index (χ0) is 20.1. The van der Waals surface area contributed by atoms with Crippen LogP contribution in [0.2, 0.25) is 0 Å². The van der Waals surface area contributed by atoms with Crippen LogP contribution in [-0.4, -0.2) is 22.7 Å². The molecule has 2 N–H and O–H groups in total. The first-order chi connectivity index (χ1) is 14.2. The number of hydrogen-bond acceptors (Lipinski definition) is 4. The second-order valence-electron chi connectivity index (χ2n) is 6.48. The van der Waals surface area contributed by atoms with Crippen molar-refractivity contribution in [3.63, 3.8) is 0 Å². The summed E-state index contributed by atoms with van der Waals surface area (Å²) < 4.78 is 0. The summed E-state index contributed by atoms with van der Waals surface area (Å²) in [6, 6.07) is 24.8. The molecule has 0 saturated carbocycles. The minimum absolute atomic E-state index is 0.136. The van der Waals surface area contributed by atoms with E-state index in [0.29, 0.717) is 6.54 Å². The Bertz CT molecular complexity index is 1120. The Morgan fingerprint density at radius 2 is 1.38 bits per heavy atom. The summed E-state index contributed by atoms with van der Waals surface area (Å²) in [5.74, 6) is -0.206. The summed E-state index contributed by atoms with van der Waals surface area (Å²) in [6.45, 7) is 0.368. The molecule has 4 rings (SSSR count). The van der Waals surface area contributed by atoms with Crippen molar-refractivity contribution in [3.8, 4) is 0 Å². The number of carbonyl (C=O) groups is 2. The quantitative estimate of drug-likeness (QED) is 0.381. The van der Waals surface area contributed by atoms with Crippen LogP contribution < -0.4 is 10.6 Å². The van der Waals surface area contributed by atoms with Crippen LogP contribution in [0.4, 0.5) is 4.79 Å². The molecule has 29 heavy (non-hydrogen) atoms. The number of rotatable bonds is 5. The molecule has 0 spiro atoms. The maximum atomic E-state index is 12.3. The van der Waals surface area contributed by atoms with Gasteiger partial charge >= 0.3 is 6.03 Å². The van der Waals surface area contributed by atoms with Crippen molar-refractivity contribution in [1.29, 1.82) is 0 Å². The third-order valence-electron chi connectivity index (χ3n) is 4.43.